The second kappa shape index (κ2) is 1.84. The average Bonchev–Trinajstić information content (AvgIpc) is 2.20. The first-order valence-corrected chi connectivity index (χ1v) is 5.07. The number of rotatable bonds is 0. The van der Waals surface area contributed by atoms with E-state index in [1.165, 1.54) is 38.5 Å². The fourth-order valence-corrected chi connectivity index (χ4v) is 3.79. The topological polar surface area (TPSA) is 0 Å². The lowest BCUT2D eigenvalue weighted by molar-refractivity contribution is 0.00834. The molecule has 3 aliphatic rings. The molecule has 0 heteroatoms. The van der Waals surface area contributed by atoms with Crippen molar-refractivity contribution in [2.24, 2.45) is 23.2 Å². The zero-order chi connectivity index (χ0) is 7.47. The van der Waals surface area contributed by atoms with Gasteiger partial charge in [-0.25, -0.2) is 0 Å². The first-order valence-electron chi connectivity index (χ1n) is 5.07. The molecular weight excluding hydrogens is 132 g/mol. The van der Waals surface area contributed by atoms with Crippen LogP contribution in [-0.2, 0) is 0 Å². The lowest BCUT2D eigenvalue weighted by atomic mass is 9.54. The first kappa shape index (κ1) is 6.51. The molecule has 3 saturated carbocycles. The maximum Gasteiger partial charge on any atom is -0.0230 e. The van der Waals surface area contributed by atoms with Gasteiger partial charge in [0.05, 0.1) is 0 Å². The Morgan fingerprint density at radius 1 is 1.18 bits per heavy atom. The Morgan fingerprint density at radius 3 is 2.82 bits per heavy atom. The van der Waals surface area contributed by atoms with Crippen molar-refractivity contribution in [3.05, 3.63) is 6.92 Å². The number of hydrogen-bond acceptors (Lipinski definition) is 0. The van der Waals surface area contributed by atoms with E-state index in [0.717, 1.165) is 17.8 Å². The lowest BCUT2D eigenvalue weighted by Gasteiger charge is -2.50. The summed E-state index contributed by atoms with van der Waals surface area (Å²) in [5, 5.41) is 0. The molecule has 0 aromatic carbocycles. The van der Waals surface area contributed by atoms with Crippen LogP contribution in [0.25, 0.3) is 0 Å². The van der Waals surface area contributed by atoms with Gasteiger partial charge in [0.25, 0.3) is 0 Å². The van der Waals surface area contributed by atoms with E-state index in [-0.39, 0.29) is 0 Å². The molecule has 0 spiro atoms. The molecule has 2 bridgehead atoms. The summed E-state index contributed by atoms with van der Waals surface area (Å²) in [5.41, 5.74) is 0.311. The average molecular weight is 148 g/mol. The summed E-state index contributed by atoms with van der Waals surface area (Å²) >= 11 is 0. The molecule has 3 aliphatic carbocycles. The fourth-order valence-electron chi connectivity index (χ4n) is 3.79. The Labute approximate surface area is 69.4 Å². The Balaban J connectivity index is 1.92. The van der Waals surface area contributed by atoms with Crippen LogP contribution in [-0.4, -0.2) is 0 Å². The molecule has 11 heavy (non-hydrogen) atoms. The zero-order valence-corrected chi connectivity index (χ0v) is 7.05. The minimum absolute atomic E-state index is 0.311. The quantitative estimate of drug-likeness (QED) is 0.495. The largest absolute Gasteiger partial charge is 0.0499 e. The van der Waals surface area contributed by atoms with Gasteiger partial charge in [0, 0.05) is 0 Å². The van der Waals surface area contributed by atoms with Gasteiger partial charge in [-0.3, -0.25) is 0 Å². The molecule has 0 aliphatic heterocycles. The van der Waals surface area contributed by atoms with Gasteiger partial charge in [0.2, 0.25) is 0 Å². The van der Waals surface area contributed by atoms with Gasteiger partial charge in [0.1, 0.15) is 0 Å². The van der Waals surface area contributed by atoms with Crippen LogP contribution in [0.3, 0.4) is 0 Å². The fraction of sp³-hybridized carbons (Fsp3) is 0.909. The highest BCUT2D eigenvalue weighted by Crippen LogP contribution is 2.62. The summed E-state index contributed by atoms with van der Waals surface area (Å²) < 4.78 is 0. The lowest BCUT2D eigenvalue weighted by Crippen LogP contribution is -2.42. The van der Waals surface area contributed by atoms with Gasteiger partial charge in [0.15, 0.2) is 0 Å². The van der Waals surface area contributed by atoms with Crippen LogP contribution in [0.4, 0.5) is 0 Å². The van der Waals surface area contributed by atoms with Gasteiger partial charge in [-0.15, -0.1) is 0 Å². The molecule has 3 fully saturated rings. The monoisotopic (exact) mass is 148 g/mol. The van der Waals surface area contributed by atoms with Crippen LogP contribution in [0.1, 0.15) is 38.5 Å². The van der Waals surface area contributed by atoms with Gasteiger partial charge < -0.3 is 0 Å². The highest BCUT2D eigenvalue weighted by atomic mass is 14.6. The number of hydrogen-bond donors (Lipinski definition) is 0. The summed E-state index contributed by atoms with van der Waals surface area (Å²) in [4.78, 5) is 0. The molecule has 0 heterocycles. The van der Waals surface area contributed by atoms with Crippen molar-refractivity contribution in [3.8, 4) is 0 Å². The molecule has 4 atom stereocenters. The third-order valence-corrected chi connectivity index (χ3v) is 4.48. The van der Waals surface area contributed by atoms with Gasteiger partial charge >= 0.3 is 0 Å². The SMILES string of the molecule is [CH]C12CCC(CC3CCC31)C2. The van der Waals surface area contributed by atoms with E-state index in [1.807, 2.05) is 0 Å². The van der Waals surface area contributed by atoms with E-state index in [4.69, 9.17) is 6.92 Å². The number of fused-ring (bicyclic) bond motifs is 4. The van der Waals surface area contributed by atoms with Gasteiger partial charge in [-0.2, -0.15) is 0 Å². The standard InChI is InChI=1S/C11H16/c1-11-5-4-8(7-11)6-9-2-3-10(9)11/h1,8-10H,2-7H2. The predicted molar refractivity (Wildman–Crippen MR) is 44.9 cm³/mol. The van der Waals surface area contributed by atoms with Crippen LogP contribution >= 0.6 is 0 Å². The van der Waals surface area contributed by atoms with Crippen molar-refractivity contribution in [1.82, 2.24) is 0 Å². The van der Waals surface area contributed by atoms with Crippen molar-refractivity contribution in [2.75, 3.05) is 0 Å². The molecular formula is C11H16. The molecule has 0 nitrogen and oxygen atoms in total. The van der Waals surface area contributed by atoms with Crippen LogP contribution in [0, 0.1) is 30.1 Å². The molecule has 0 saturated heterocycles. The second-order valence-corrected chi connectivity index (χ2v) is 5.02. The zero-order valence-electron chi connectivity index (χ0n) is 7.05. The van der Waals surface area contributed by atoms with Crippen molar-refractivity contribution in [3.63, 3.8) is 0 Å². The highest BCUT2D eigenvalue weighted by molar-refractivity contribution is 5.06. The Morgan fingerprint density at radius 2 is 2.09 bits per heavy atom. The van der Waals surface area contributed by atoms with E-state index in [9.17, 15) is 0 Å². The van der Waals surface area contributed by atoms with Gasteiger partial charge in [-0.05, 0) is 68.6 Å². The molecule has 2 radical (unpaired) electrons. The molecule has 0 amide bonds. The van der Waals surface area contributed by atoms with E-state index < -0.39 is 0 Å². The minimum Gasteiger partial charge on any atom is -0.0499 e. The summed E-state index contributed by atoms with van der Waals surface area (Å²) in [7, 11) is 0. The molecule has 3 rings (SSSR count). The Kier molecular flexibility index (Phi) is 1.09. The third-order valence-electron chi connectivity index (χ3n) is 4.48. The van der Waals surface area contributed by atoms with Crippen molar-refractivity contribution >= 4 is 0 Å². The van der Waals surface area contributed by atoms with Crippen molar-refractivity contribution < 1.29 is 0 Å². The first-order chi connectivity index (χ1) is 5.28. The Bertz CT molecular complexity index is 184. The second-order valence-electron chi connectivity index (χ2n) is 5.02. The third kappa shape index (κ3) is 0.711. The predicted octanol–water partition coefficient (Wildman–Crippen LogP) is 2.91. The normalized spacial score (nSPS) is 60.3. The summed E-state index contributed by atoms with van der Waals surface area (Å²) in [6.45, 7) is 6.39. The van der Waals surface area contributed by atoms with E-state index in [2.05, 4.69) is 0 Å². The maximum atomic E-state index is 6.39. The van der Waals surface area contributed by atoms with E-state index in [0.29, 0.717) is 5.41 Å². The molecule has 60 valence electrons. The summed E-state index contributed by atoms with van der Waals surface area (Å²) in [5.74, 6) is 2.99. The minimum atomic E-state index is 0.311. The Hall–Kier alpha value is 0. The van der Waals surface area contributed by atoms with E-state index >= 15 is 0 Å². The van der Waals surface area contributed by atoms with Gasteiger partial charge in [-0.1, -0.05) is 0 Å². The highest BCUT2D eigenvalue weighted by Gasteiger charge is 2.53. The molecule has 0 aromatic rings. The van der Waals surface area contributed by atoms with Crippen LogP contribution in [0.15, 0.2) is 0 Å². The smallest absolute Gasteiger partial charge is 0.0230 e. The van der Waals surface area contributed by atoms with Crippen LogP contribution < -0.4 is 0 Å². The summed E-state index contributed by atoms with van der Waals surface area (Å²) in [6.07, 6.45) is 8.56. The van der Waals surface area contributed by atoms with Crippen molar-refractivity contribution in [2.45, 2.75) is 38.5 Å². The molecule has 4 unspecified atom stereocenters. The maximum absolute atomic E-state index is 6.39. The van der Waals surface area contributed by atoms with Crippen LogP contribution in [0.2, 0.25) is 0 Å². The molecule has 0 aromatic heterocycles. The summed E-state index contributed by atoms with van der Waals surface area (Å²) in [6, 6.07) is 0. The molecule has 0 N–H and O–H groups in total. The van der Waals surface area contributed by atoms with E-state index in [1.54, 1.807) is 0 Å². The van der Waals surface area contributed by atoms with Crippen LogP contribution in [0.5, 0.6) is 0 Å². The van der Waals surface area contributed by atoms with Crippen molar-refractivity contribution in [1.29, 1.82) is 0 Å².